The smallest absolute Gasteiger partial charge is 0.250 e. The van der Waals surface area contributed by atoms with E-state index in [1.165, 1.54) is 29.5 Å². The molecule has 2 rings (SSSR count). The molecule has 1 amide bonds. The zero-order chi connectivity index (χ0) is 20.9. The summed E-state index contributed by atoms with van der Waals surface area (Å²) in [5.74, 6) is 0.393. The molecular weight excluding hydrogens is 463 g/mol. The van der Waals surface area contributed by atoms with Crippen LogP contribution in [0.15, 0.2) is 22.5 Å². The van der Waals surface area contributed by atoms with Crippen molar-refractivity contribution in [3.05, 3.63) is 28.2 Å². The van der Waals surface area contributed by atoms with E-state index >= 15 is 0 Å². The van der Waals surface area contributed by atoms with Gasteiger partial charge in [0.25, 0.3) is 0 Å². The molecule has 154 valence electrons. The molecule has 1 N–H and O–H groups in total. The molecule has 0 bridgehead atoms. The highest BCUT2D eigenvalue weighted by molar-refractivity contribution is 8.01. The number of thioether (sulfide) groups is 1. The Labute approximate surface area is 182 Å². The van der Waals surface area contributed by atoms with Crippen molar-refractivity contribution >= 4 is 73.0 Å². The minimum absolute atomic E-state index is 0.221. The summed E-state index contributed by atoms with van der Waals surface area (Å²) in [4.78, 5) is 12.8. The topological polar surface area (TPSA) is 92.3 Å². The second kappa shape index (κ2) is 10.1. The highest BCUT2D eigenvalue weighted by Gasteiger charge is 2.32. The molecule has 0 radical (unpaired) electrons. The average Bonchev–Trinajstić information content (AvgIpc) is 3.02. The number of nitrogens with zero attached hydrogens (tertiary/aromatic N) is 3. The number of benzene rings is 1. The standard InChI is InChI=1S/C16H20Cl2N4O3S3/c1-4-6-26-16-21-20-15(27-16)19-14(23)13(5-2)22(28(3,24)25)12-8-10(17)7-11(18)9-12/h7-9,13H,4-6H2,1-3H3,(H,19,20,23)/t13-/m0/s1. The van der Waals surface area contributed by atoms with Crippen LogP contribution in [0.2, 0.25) is 10.0 Å². The van der Waals surface area contributed by atoms with Gasteiger partial charge in [-0.15, -0.1) is 10.2 Å². The Bertz CT molecular complexity index is 917. The Morgan fingerprint density at radius 1 is 1.25 bits per heavy atom. The first kappa shape index (κ1) is 23.2. The van der Waals surface area contributed by atoms with E-state index < -0.39 is 22.0 Å². The second-order valence-electron chi connectivity index (χ2n) is 5.82. The average molecular weight is 483 g/mol. The molecule has 0 unspecified atom stereocenters. The summed E-state index contributed by atoms with van der Waals surface area (Å²) in [7, 11) is -3.79. The third-order valence-electron chi connectivity index (χ3n) is 3.50. The van der Waals surface area contributed by atoms with Crippen molar-refractivity contribution in [1.29, 1.82) is 0 Å². The van der Waals surface area contributed by atoms with E-state index in [-0.39, 0.29) is 22.2 Å². The molecule has 1 atom stereocenters. The first-order valence-corrected chi connectivity index (χ1v) is 12.8. The lowest BCUT2D eigenvalue weighted by atomic mass is 10.2. The SMILES string of the molecule is CCCSc1nnc(NC(=O)[C@H](CC)N(c2cc(Cl)cc(Cl)c2)S(C)(=O)=O)s1. The highest BCUT2D eigenvalue weighted by atomic mass is 35.5. The molecule has 0 aliphatic carbocycles. The maximum Gasteiger partial charge on any atom is 0.250 e. The van der Waals surface area contributed by atoms with Crippen molar-refractivity contribution < 1.29 is 13.2 Å². The lowest BCUT2D eigenvalue weighted by Gasteiger charge is -2.30. The van der Waals surface area contributed by atoms with Crippen LogP contribution in [-0.2, 0) is 14.8 Å². The number of hydrogen-bond acceptors (Lipinski definition) is 7. The van der Waals surface area contributed by atoms with Gasteiger partial charge in [0, 0.05) is 15.8 Å². The van der Waals surface area contributed by atoms with Crippen molar-refractivity contribution in [2.24, 2.45) is 0 Å². The van der Waals surface area contributed by atoms with Gasteiger partial charge in [-0.05, 0) is 31.0 Å². The zero-order valence-corrected chi connectivity index (χ0v) is 19.4. The molecular formula is C16H20Cl2N4O3S3. The van der Waals surface area contributed by atoms with E-state index in [2.05, 4.69) is 22.4 Å². The van der Waals surface area contributed by atoms with Crippen LogP contribution >= 0.6 is 46.3 Å². The predicted molar refractivity (Wildman–Crippen MR) is 117 cm³/mol. The molecule has 12 heteroatoms. The van der Waals surface area contributed by atoms with Crippen molar-refractivity contribution in [3.63, 3.8) is 0 Å². The van der Waals surface area contributed by atoms with E-state index in [1.807, 2.05) is 0 Å². The third-order valence-corrected chi connectivity index (χ3v) is 7.29. The minimum atomic E-state index is -3.79. The van der Waals surface area contributed by atoms with Gasteiger partial charge in [-0.25, -0.2) is 8.42 Å². The molecule has 0 saturated heterocycles. The van der Waals surface area contributed by atoms with E-state index in [1.54, 1.807) is 18.7 Å². The molecule has 1 heterocycles. The molecule has 0 fully saturated rings. The van der Waals surface area contributed by atoms with Gasteiger partial charge in [-0.3, -0.25) is 14.4 Å². The molecule has 2 aromatic rings. The Kier molecular flexibility index (Phi) is 8.38. The van der Waals surface area contributed by atoms with Crippen LogP contribution < -0.4 is 9.62 Å². The second-order valence-corrected chi connectivity index (χ2v) is 10.9. The zero-order valence-electron chi connectivity index (χ0n) is 15.5. The van der Waals surface area contributed by atoms with Crippen molar-refractivity contribution in [2.75, 3.05) is 21.6 Å². The van der Waals surface area contributed by atoms with E-state index in [0.29, 0.717) is 5.13 Å². The third kappa shape index (κ3) is 6.21. The fraction of sp³-hybridized carbons (Fsp3) is 0.438. The van der Waals surface area contributed by atoms with Crippen LogP contribution in [0.5, 0.6) is 0 Å². The van der Waals surface area contributed by atoms with Crippen LogP contribution in [0.25, 0.3) is 0 Å². The number of sulfonamides is 1. The molecule has 0 aliphatic rings. The minimum Gasteiger partial charge on any atom is -0.299 e. The van der Waals surface area contributed by atoms with Gasteiger partial charge in [-0.2, -0.15) is 0 Å². The Morgan fingerprint density at radius 3 is 2.43 bits per heavy atom. The molecule has 0 spiro atoms. The lowest BCUT2D eigenvalue weighted by molar-refractivity contribution is -0.117. The molecule has 1 aromatic heterocycles. The maximum atomic E-state index is 12.8. The van der Waals surface area contributed by atoms with Crippen LogP contribution in [0.1, 0.15) is 26.7 Å². The fourth-order valence-corrected chi connectivity index (χ4v) is 5.81. The molecule has 28 heavy (non-hydrogen) atoms. The van der Waals surface area contributed by atoms with Crippen LogP contribution in [0.3, 0.4) is 0 Å². The monoisotopic (exact) mass is 482 g/mol. The van der Waals surface area contributed by atoms with Gasteiger partial charge in [0.1, 0.15) is 6.04 Å². The largest absolute Gasteiger partial charge is 0.299 e. The van der Waals surface area contributed by atoms with Crippen molar-refractivity contribution in [3.8, 4) is 0 Å². The van der Waals surface area contributed by atoms with E-state index in [4.69, 9.17) is 23.2 Å². The highest BCUT2D eigenvalue weighted by Crippen LogP contribution is 2.30. The molecule has 0 saturated carbocycles. The number of halogens is 2. The number of rotatable bonds is 9. The van der Waals surface area contributed by atoms with Crippen LogP contribution in [0.4, 0.5) is 10.8 Å². The van der Waals surface area contributed by atoms with Crippen LogP contribution in [-0.4, -0.2) is 42.6 Å². The fourth-order valence-electron chi connectivity index (χ4n) is 2.42. The van der Waals surface area contributed by atoms with Gasteiger partial charge < -0.3 is 0 Å². The first-order chi connectivity index (χ1) is 13.2. The quantitative estimate of drug-likeness (QED) is 0.416. The lowest BCUT2D eigenvalue weighted by Crippen LogP contribution is -2.47. The summed E-state index contributed by atoms with van der Waals surface area (Å²) in [6.45, 7) is 3.78. The molecule has 7 nitrogen and oxygen atoms in total. The van der Waals surface area contributed by atoms with Gasteiger partial charge >= 0.3 is 0 Å². The van der Waals surface area contributed by atoms with Gasteiger partial charge in [0.05, 0.1) is 11.9 Å². The summed E-state index contributed by atoms with van der Waals surface area (Å²) in [6.07, 6.45) is 2.26. The number of amides is 1. The summed E-state index contributed by atoms with van der Waals surface area (Å²) in [5, 5.41) is 11.5. The number of anilines is 2. The Hall–Kier alpha value is -1.07. The number of carbonyl (C=O) groups is 1. The van der Waals surface area contributed by atoms with Gasteiger partial charge in [-0.1, -0.05) is 60.1 Å². The molecule has 0 aliphatic heterocycles. The van der Waals surface area contributed by atoms with Gasteiger partial charge in [0.2, 0.25) is 21.1 Å². The van der Waals surface area contributed by atoms with Crippen LogP contribution in [0, 0.1) is 0 Å². The number of nitrogens with one attached hydrogen (secondary N) is 1. The number of carbonyl (C=O) groups excluding carboxylic acids is 1. The first-order valence-electron chi connectivity index (χ1n) is 8.38. The summed E-state index contributed by atoms with van der Waals surface area (Å²) in [6, 6.07) is 3.40. The summed E-state index contributed by atoms with van der Waals surface area (Å²) >= 11 is 14.8. The number of aromatic nitrogens is 2. The molecule has 1 aromatic carbocycles. The van der Waals surface area contributed by atoms with Gasteiger partial charge in [0.15, 0.2) is 4.34 Å². The normalized spacial score (nSPS) is 12.6. The van der Waals surface area contributed by atoms with E-state index in [0.717, 1.165) is 27.1 Å². The predicted octanol–water partition coefficient (Wildman–Crippen LogP) is 4.53. The summed E-state index contributed by atoms with van der Waals surface area (Å²) in [5.41, 5.74) is 0.221. The summed E-state index contributed by atoms with van der Waals surface area (Å²) < 4.78 is 26.7. The number of hydrogen-bond donors (Lipinski definition) is 1. The Balaban J connectivity index is 2.30. The Morgan fingerprint density at radius 2 is 1.89 bits per heavy atom. The van der Waals surface area contributed by atoms with E-state index in [9.17, 15) is 13.2 Å². The van der Waals surface area contributed by atoms with Crippen molar-refractivity contribution in [2.45, 2.75) is 37.1 Å². The van der Waals surface area contributed by atoms with Crippen molar-refractivity contribution in [1.82, 2.24) is 10.2 Å². The maximum absolute atomic E-state index is 12.8.